The van der Waals surface area contributed by atoms with E-state index in [4.69, 9.17) is 18.9 Å². The predicted molar refractivity (Wildman–Crippen MR) is 84.7 cm³/mol. The van der Waals surface area contributed by atoms with Crippen molar-refractivity contribution in [3.8, 4) is 0 Å². The van der Waals surface area contributed by atoms with Crippen LogP contribution in [0.5, 0.6) is 0 Å². The lowest BCUT2D eigenvalue weighted by atomic mass is 9.88. The van der Waals surface area contributed by atoms with E-state index in [1.54, 1.807) is 13.8 Å². The smallest absolute Gasteiger partial charge is 0.162 e. The van der Waals surface area contributed by atoms with Crippen molar-refractivity contribution < 1.29 is 29.2 Å². The van der Waals surface area contributed by atoms with Gasteiger partial charge in [-0.25, -0.2) is 0 Å². The molecule has 0 amide bonds. The van der Waals surface area contributed by atoms with Gasteiger partial charge in [0.05, 0.1) is 44.1 Å². The van der Waals surface area contributed by atoms with Crippen LogP contribution in [0.2, 0.25) is 0 Å². The van der Waals surface area contributed by atoms with Crippen molar-refractivity contribution in [3.63, 3.8) is 0 Å². The Hall–Kier alpha value is -0.240. The lowest BCUT2D eigenvalue weighted by Gasteiger charge is -2.46. The van der Waals surface area contributed by atoms with E-state index in [0.29, 0.717) is 26.4 Å². The minimum absolute atomic E-state index is 0.0229. The van der Waals surface area contributed by atoms with E-state index >= 15 is 0 Å². The van der Waals surface area contributed by atoms with E-state index in [2.05, 4.69) is 0 Å². The zero-order chi connectivity index (χ0) is 17.0. The Balaban J connectivity index is 1.86. The van der Waals surface area contributed by atoms with Crippen LogP contribution in [0.4, 0.5) is 0 Å². The summed E-state index contributed by atoms with van der Waals surface area (Å²) in [6, 6.07) is 0. The first kappa shape index (κ1) is 19.1. The summed E-state index contributed by atoms with van der Waals surface area (Å²) >= 11 is 0. The Kier molecular flexibility index (Phi) is 6.83. The minimum atomic E-state index is -0.460. The highest BCUT2D eigenvalue weighted by molar-refractivity contribution is 4.87. The van der Waals surface area contributed by atoms with Crippen LogP contribution in [0.1, 0.15) is 40.5 Å². The molecule has 0 aromatic carbocycles. The van der Waals surface area contributed by atoms with Gasteiger partial charge < -0.3 is 29.2 Å². The number of aliphatic hydroxyl groups excluding tert-OH is 2. The molecule has 1 spiro atoms. The second-order valence-electron chi connectivity index (χ2n) is 7.11. The van der Waals surface area contributed by atoms with E-state index in [9.17, 15) is 10.2 Å². The average Bonchev–Trinajstić information content (AvgIpc) is 2.52. The first-order valence-corrected chi connectivity index (χ1v) is 8.75. The van der Waals surface area contributed by atoms with Gasteiger partial charge in [0, 0.05) is 11.8 Å². The molecule has 2 aliphatic rings. The van der Waals surface area contributed by atoms with Crippen LogP contribution < -0.4 is 0 Å². The molecule has 23 heavy (non-hydrogen) atoms. The average molecular weight is 332 g/mol. The first-order valence-electron chi connectivity index (χ1n) is 8.75. The highest BCUT2D eigenvalue weighted by atomic mass is 16.7. The second kappa shape index (κ2) is 8.23. The van der Waals surface area contributed by atoms with Crippen LogP contribution in [-0.2, 0) is 18.9 Å². The molecule has 2 N–H and O–H groups in total. The van der Waals surface area contributed by atoms with E-state index in [0.717, 1.165) is 12.8 Å². The molecule has 0 radical (unpaired) electrons. The van der Waals surface area contributed by atoms with E-state index < -0.39 is 12.2 Å². The number of rotatable bonds is 6. The molecule has 2 rings (SSSR count). The predicted octanol–water partition coefficient (Wildman–Crippen LogP) is 1.53. The summed E-state index contributed by atoms with van der Waals surface area (Å²) in [6.07, 6.45) is -0.0563. The highest BCUT2D eigenvalue weighted by Gasteiger charge is 2.45. The van der Waals surface area contributed by atoms with Crippen molar-refractivity contribution >= 4 is 0 Å². The molecule has 0 aliphatic carbocycles. The SMILES string of the molecule is CCC(C(C)O)C1OCC2(CO1)COC(C(CC)C(C)O)OC2. The molecule has 2 saturated heterocycles. The fourth-order valence-electron chi connectivity index (χ4n) is 3.40. The Morgan fingerprint density at radius 3 is 1.30 bits per heavy atom. The third-order valence-electron chi connectivity index (χ3n) is 5.10. The Morgan fingerprint density at radius 1 is 0.783 bits per heavy atom. The number of ether oxygens (including phenoxy) is 4. The third kappa shape index (κ3) is 4.44. The molecule has 4 unspecified atom stereocenters. The van der Waals surface area contributed by atoms with Gasteiger partial charge in [-0.2, -0.15) is 0 Å². The van der Waals surface area contributed by atoms with Crippen LogP contribution in [-0.4, -0.2) is 61.4 Å². The second-order valence-corrected chi connectivity index (χ2v) is 7.11. The van der Waals surface area contributed by atoms with Gasteiger partial charge in [0.25, 0.3) is 0 Å². The van der Waals surface area contributed by atoms with Crippen molar-refractivity contribution in [2.45, 2.75) is 65.3 Å². The largest absolute Gasteiger partial charge is 0.393 e. The van der Waals surface area contributed by atoms with Crippen LogP contribution in [0.3, 0.4) is 0 Å². The van der Waals surface area contributed by atoms with Crippen molar-refractivity contribution in [1.82, 2.24) is 0 Å². The molecule has 4 atom stereocenters. The standard InChI is InChI=1S/C17H32O6/c1-5-13(11(3)18)15-20-7-17(8-21-15)9-22-16(23-10-17)14(6-2)12(4)19/h11-16,18-19H,5-10H2,1-4H3. The van der Waals surface area contributed by atoms with Gasteiger partial charge in [0.1, 0.15) is 0 Å². The van der Waals surface area contributed by atoms with Gasteiger partial charge in [-0.15, -0.1) is 0 Å². The van der Waals surface area contributed by atoms with Gasteiger partial charge in [-0.3, -0.25) is 0 Å². The molecule has 2 aliphatic heterocycles. The lowest BCUT2D eigenvalue weighted by Crippen LogP contribution is -2.55. The zero-order valence-corrected chi connectivity index (χ0v) is 14.7. The Bertz CT molecular complexity index is 305. The summed E-state index contributed by atoms with van der Waals surface area (Å²) in [5.74, 6) is -0.0459. The first-order chi connectivity index (χ1) is 10.9. The summed E-state index contributed by atoms with van der Waals surface area (Å²) < 4.78 is 23.5. The van der Waals surface area contributed by atoms with Gasteiger partial charge in [0.15, 0.2) is 12.6 Å². The molecule has 136 valence electrons. The molecule has 6 heteroatoms. The van der Waals surface area contributed by atoms with Gasteiger partial charge in [0.2, 0.25) is 0 Å². The molecule has 0 aromatic heterocycles. The topological polar surface area (TPSA) is 77.4 Å². The van der Waals surface area contributed by atoms with Gasteiger partial charge in [-0.05, 0) is 26.7 Å². The normalized spacial score (nSPS) is 37.3. The van der Waals surface area contributed by atoms with Crippen molar-refractivity contribution in [3.05, 3.63) is 0 Å². The molecule has 2 fully saturated rings. The maximum Gasteiger partial charge on any atom is 0.162 e. The molecule has 0 bridgehead atoms. The summed E-state index contributed by atoms with van der Waals surface area (Å²) in [5, 5.41) is 19.6. The molecule has 2 heterocycles. The maximum absolute atomic E-state index is 9.81. The Labute approximate surface area is 139 Å². The fraction of sp³-hybridized carbons (Fsp3) is 1.00. The van der Waals surface area contributed by atoms with Gasteiger partial charge >= 0.3 is 0 Å². The van der Waals surface area contributed by atoms with E-state index in [-0.39, 0.29) is 29.8 Å². The lowest BCUT2D eigenvalue weighted by molar-refractivity contribution is -0.325. The van der Waals surface area contributed by atoms with E-state index in [1.165, 1.54) is 0 Å². The van der Waals surface area contributed by atoms with Gasteiger partial charge in [-0.1, -0.05) is 13.8 Å². The summed E-state index contributed by atoms with van der Waals surface area (Å²) in [7, 11) is 0. The fourth-order valence-corrected chi connectivity index (χ4v) is 3.40. The molecular weight excluding hydrogens is 300 g/mol. The highest BCUT2D eigenvalue weighted by Crippen LogP contribution is 2.35. The molecule has 6 nitrogen and oxygen atoms in total. The summed E-state index contributed by atoms with van der Waals surface area (Å²) in [5.41, 5.74) is -0.291. The quantitative estimate of drug-likeness (QED) is 0.768. The molecular formula is C17H32O6. The molecule has 0 aromatic rings. The Morgan fingerprint density at radius 2 is 1.09 bits per heavy atom. The monoisotopic (exact) mass is 332 g/mol. The van der Waals surface area contributed by atoms with Crippen molar-refractivity contribution in [2.24, 2.45) is 17.3 Å². The van der Waals surface area contributed by atoms with Crippen LogP contribution in [0, 0.1) is 17.3 Å². The number of aliphatic hydroxyl groups is 2. The summed E-state index contributed by atoms with van der Waals surface area (Å²) in [4.78, 5) is 0. The van der Waals surface area contributed by atoms with Crippen molar-refractivity contribution in [2.75, 3.05) is 26.4 Å². The van der Waals surface area contributed by atoms with Crippen LogP contribution in [0.15, 0.2) is 0 Å². The third-order valence-corrected chi connectivity index (χ3v) is 5.10. The van der Waals surface area contributed by atoms with E-state index in [1.807, 2.05) is 13.8 Å². The zero-order valence-electron chi connectivity index (χ0n) is 14.7. The summed E-state index contributed by atoms with van der Waals surface area (Å²) in [6.45, 7) is 9.57. The van der Waals surface area contributed by atoms with Crippen LogP contribution >= 0.6 is 0 Å². The number of hydrogen-bond acceptors (Lipinski definition) is 6. The number of hydrogen-bond donors (Lipinski definition) is 2. The molecule has 0 saturated carbocycles. The maximum atomic E-state index is 9.81. The van der Waals surface area contributed by atoms with Crippen LogP contribution in [0.25, 0.3) is 0 Å². The minimum Gasteiger partial charge on any atom is -0.393 e. The van der Waals surface area contributed by atoms with Crippen molar-refractivity contribution in [1.29, 1.82) is 0 Å².